The summed E-state index contributed by atoms with van der Waals surface area (Å²) >= 11 is 1.45. The Labute approximate surface area is 173 Å². The van der Waals surface area contributed by atoms with Crippen molar-refractivity contribution in [1.29, 1.82) is 5.26 Å². The summed E-state index contributed by atoms with van der Waals surface area (Å²) in [6, 6.07) is 13.5. The maximum atomic E-state index is 10.8. The molecule has 0 aliphatic carbocycles. The Hall–Kier alpha value is -3.24. The van der Waals surface area contributed by atoms with E-state index in [2.05, 4.69) is 16.3 Å². The molecule has 148 valence electrons. The minimum atomic E-state index is -0.804. The van der Waals surface area contributed by atoms with E-state index in [0.29, 0.717) is 17.7 Å². The maximum absolute atomic E-state index is 10.8. The summed E-state index contributed by atoms with van der Waals surface area (Å²) in [5.41, 5.74) is 4.25. The average Bonchev–Trinajstić information content (AvgIpc) is 3.16. The van der Waals surface area contributed by atoms with Gasteiger partial charge in [0.05, 0.1) is 11.7 Å². The normalized spacial score (nSPS) is 10.7. The van der Waals surface area contributed by atoms with Crippen molar-refractivity contribution in [3.05, 3.63) is 53.1 Å². The number of nitriles is 1. The third kappa shape index (κ3) is 4.98. The molecular weight excluding hydrogens is 386 g/mol. The lowest BCUT2D eigenvalue weighted by Gasteiger charge is -2.11. The van der Waals surface area contributed by atoms with Crippen LogP contribution in [-0.4, -0.2) is 27.4 Å². The topological polar surface area (TPSA) is 96.1 Å². The van der Waals surface area contributed by atoms with E-state index in [-0.39, 0.29) is 12.5 Å². The van der Waals surface area contributed by atoms with Gasteiger partial charge in [-0.3, -0.25) is 4.79 Å². The largest absolute Gasteiger partial charge is 0.490 e. The molecule has 2 aromatic carbocycles. The van der Waals surface area contributed by atoms with E-state index in [0.717, 1.165) is 32.3 Å². The molecule has 0 aliphatic rings. The van der Waals surface area contributed by atoms with Crippen molar-refractivity contribution in [2.45, 2.75) is 39.7 Å². The quantitative estimate of drug-likeness (QED) is 0.601. The minimum absolute atomic E-state index is 0.0115. The zero-order valence-electron chi connectivity index (χ0n) is 16.5. The number of carboxylic acids is 1. The SMILES string of the molecule is Cc1cc(CCC(=O)O)ccc1-c1nnc(-c2ccc(OC(C)C)c(C#N)c2)s1. The van der Waals surface area contributed by atoms with Gasteiger partial charge in [-0.25, -0.2) is 0 Å². The van der Waals surface area contributed by atoms with Gasteiger partial charge in [-0.15, -0.1) is 10.2 Å². The number of benzene rings is 2. The molecule has 0 unspecified atom stereocenters. The lowest BCUT2D eigenvalue weighted by atomic mass is 10.0. The van der Waals surface area contributed by atoms with Gasteiger partial charge in [-0.2, -0.15) is 5.26 Å². The first-order chi connectivity index (χ1) is 13.9. The van der Waals surface area contributed by atoms with Crippen LogP contribution in [0.4, 0.5) is 0 Å². The van der Waals surface area contributed by atoms with Crippen LogP contribution in [0.2, 0.25) is 0 Å². The molecule has 0 saturated carbocycles. The Morgan fingerprint density at radius 2 is 1.97 bits per heavy atom. The van der Waals surface area contributed by atoms with E-state index in [1.165, 1.54) is 11.3 Å². The van der Waals surface area contributed by atoms with E-state index in [1.54, 1.807) is 12.1 Å². The summed E-state index contributed by atoms with van der Waals surface area (Å²) < 4.78 is 5.67. The second kappa shape index (κ2) is 8.84. The van der Waals surface area contributed by atoms with Crippen LogP contribution in [0.1, 0.15) is 37.0 Å². The van der Waals surface area contributed by atoms with E-state index < -0.39 is 5.97 Å². The van der Waals surface area contributed by atoms with Crippen LogP contribution in [0.5, 0.6) is 5.75 Å². The van der Waals surface area contributed by atoms with Crippen LogP contribution in [0.25, 0.3) is 21.1 Å². The van der Waals surface area contributed by atoms with Gasteiger partial charge >= 0.3 is 5.97 Å². The summed E-state index contributed by atoms with van der Waals surface area (Å²) in [6.07, 6.45) is 0.599. The summed E-state index contributed by atoms with van der Waals surface area (Å²) in [6.45, 7) is 5.81. The lowest BCUT2D eigenvalue weighted by Crippen LogP contribution is -2.06. The fraction of sp³-hybridized carbons (Fsp3) is 0.273. The van der Waals surface area contributed by atoms with Gasteiger partial charge < -0.3 is 9.84 Å². The van der Waals surface area contributed by atoms with Gasteiger partial charge in [0.15, 0.2) is 0 Å². The minimum Gasteiger partial charge on any atom is -0.490 e. The number of hydrogen-bond acceptors (Lipinski definition) is 6. The Balaban J connectivity index is 1.86. The molecule has 1 heterocycles. The number of rotatable bonds is 7. The molecular formula is C22H21N3O3S. The van der Waals surface area contributed by atoms with E-state index in [9.17, 15) is 10.1 Å². The molecule has 0 radical (unpaired) electrons. The molecule has 1 aromatic heterocycles. The molecule has 0 spiro atoms. The van der Waals surface area contributed by atoms with Crippen molar-refractivity contribution in [2.75, 3.05) is 0 Å². The van der Waals surface area contributed by atoms with Gasteiger partial charge in [-0.05, 0) is 56.5 Å². The summed E-state index contributed by atoms with van der Waals surface area (Å²) in [7, 11) is 0. The summed E-state index contributed by atoms with van der Waals surface area (Å²) in [5, 5.41) is 28.4. The Kier molecular flexibility index (Phi) is 6.25. The fourth-order valence-electron chi connectivity index (χ4n) is 2.93. The number of aromatic nitrogens is 2. The number of carboxylic acid groups (broad SMARTS) is 1. The van der Waals surface area contributed by atoms with Gasteiger partial charge in [-0.1, -0.05) is 29.5 Å². The third-order valence-corrected chi connectivity index (χ3v) is 5.29. The molecule has 29 heavy (non-hydrogen) atoms. The number of aliphatic carboxylic acids is 1. The fourth-order valence-corrected chi connectivity index (χ4v) is 3.86. The van der Waals surface area contributed by atoms with Gasteiger partial charge in [0.1, 0.15) is 21.8 Å². The van der Waals surface area contributed by atoms with Crippen LogP contribution in [0, 0.1) is 18.3 Å². The molecule has 0 aliphatic heterocycles. The van der Waals surface area contributed by atoms with Crippen molar-refractivity contribution in [3.8, 4) is 33.0 Å². The first kappa shape index (κ1) is 20.5. The molecule has 0 amide bonds. The van der Waals surface area contributed by atoms with E-state index in [4.69, 9.17) is 9.84 Å². The predicted octanol–water partition coefficient (Wildman–Crippen LogP) is 4.86. The molecule has 0 saturated heterocycles. The highest BCUT2D eigenvalue weighted by atomic mass is 32.1. The van der Waals surface area contributed by atoms with Crippen molar-refractivity contribution in [1.82, 2.24) is 10.2 Å². The van der Waals surface area contributed by atoms with Gasteiger partial charge in [0.2, 0.25) is 0 Å². The molecule has 7 heteroatoms. The van der Waals surface area contributed by atoms with Crippen LogP contribution in [-0.2, 0) is 11.2 Å². The highest BCUT2D eigenvalue weighted by Crippen LogP contribution is 2.34. The van der Waals surface area contributed by atoms with E-state index >= 15 is 0 Å². The second-order valence-electron chi connectivity index (χ2n) is 6.94. The summed E-state index contributed by atoms with van der Waals surface area (Å²) in [5.74, 6) is -0.245. The molecule has 0 atom stereocenters. The Morgan fingerprint density at radius 3 is 2.62 bits per heavy atom. The molecule has 6 nitrogen and oxygen atoms in total. The van der Waals surface area contributed by atoms with Gasteiger partial charge in [0.25, 0.3) is 0 Å². The number of nitrogens with zero attached hydrogens (tertiary/aromatic N) is 3. The molecule has 0 fully saturated rings. The monoisotopic (exact) mass is 407 g/mol. The Morgan fingerprint density at radius 1 is 1.21 bits per heavy atom. The smallest absolute Gasteiger partial charge is 0.303 e. The predicted molar refractivity (Wildman–Crippen MR) is 112 cm³/mol. The highest BCUT2D eigenvalue weighted by molar-refractivity contribution is 7.17. The number of carbonyl (C=O) groups is 1. The maximum Gasteiger partial charge on any atom is 0.303 e. The number of hydrogen-bond donors (Lipinski definition) is 1. The van der Waals surface area contributed by atoms with Crippen molar-refractivity contribution in [2.24, 2.45) is 0 Å². The van der Waals surface area contributed by atoms with Crippen LogP contribution in [0.3, 0.4) is 0 Å². The summed E-state index contributed by atoms with van der Waals surface area (Å²) in [4.78, 5) is 10.8. The molecule has 1 N–H and O–H groups in total. The van der Waals surface area contributed by atoms with Crippen LogP contribution >= 0.6 is 11.3 Å². The Bertz CT molecular complexity index is 1080. The first-order valence-electron chi connectivity index (χ1n) is 9.23. The number of aryl methyl sites for hydroxylation is 2. The van der Waals surface area contributed by atoms with Crippen molar-refractivity contribution < 1.29 is 14.6 Å². The highest BCUT2D eigenvalue weighted by Gasteiger charge is 2.14. The third-order valence-electron chi connectivity index (χ3n) is 4.28. The number of ether oxygens (including phenoxy) is 1. The van der Waals surface area contributed by atoms with Crippen molar-refractivity contribution in [3.63, 3.8) is 0 Å². The molecule has 0 bridgehead atoms. The van der Waals surface area contributed by atoms with Gasteiger partial charge in [0, 0.05) is 17.5 Å². The van der Waals surface area contributed by atoms with Crippen molar-refractivity contribution >= 4 is 17.3 Å². The average molecular weight is 407 g/mol. The van der Waals surface area contributed by atoms with E-state index in [1.807, 2.05) is 45.0 Å². The molecule has 3 aromatic rings. The first-order valence-corrected chi connectivity index (χ1v) is 10.1. The molecule has 3 rings (SSSR count). The standard InChI is InChI=1S/C22H21N3O3S/c1-13(2)28-19-8-6-16(11-17(19)12-23)21-24-25-22(29-21)18-7-4-15(10-14(18)3)5-9-20(26)27/h4,6-8,10-11,13H,5,9H2,1-3H3,(H,26,27). The van der Waals surface area contributed by atoms with Crippen LogP contribution < -0.4 is 4.74 Å². The second-order valence-corrected chi connectivity index (χ2v) is 7.92. The van der Waals surface area contributed by atoms with Crippen LogP contribution in [0.15, 0.2) is 36.4 Å². The lowest BCUT2D eigenvalue weighted by molar-refractivity contribution is -0.136. The zero-order valence-corrected chi connectivity index (χ0v) is 17.3. The zero-order chi connectivity index (χ0) is 21.0.